The second-order valence-corrected chi connectivity index (χ2v) is 10.5. The number of hydrogen-bond donors (Lipinski definition) is 2. The Kier molecular flexibility index (Phi) is 6.47. The second kappa shape index (κ2) is 7.91. The smallest absolute Gasteiger partial charge is 0.348 e. The van der Waals surface area contributed by atoms with E-state index < -0.39 is 13.5 Å². The van der Waals surface area contributed by atoms with E-state index in [1.807, 2.05) is 20.8 Å². The molecule has 9 heteroatoms. The zero-order chi connectivity index (χ0) is 19.7. The number of benzene rings is 1. The number of anilines is 1. The first-order valence-corrected chi connectivity index (χ1v) is 11.0. The van der Waals surface area contributed by atoms with Crippen LogP contribution in [0.4, 0.5) is 5.69 Å². The van der Waals surface area contributed by atoms with E-state index in [1.165, 1.54) is 12.1 Å². The molecule has 0 aliphatic heterocycles. The highest BCUT2D eigenvalue weighted by Gasteiger charge is 2.32. The third-order valence-corrected chi connectivity index (χ3v) is 7.88. The summed E-state index contributed by atoms with van der Waals surface area (Å²) in [6.45, 7) is 7.79. The largest absolute Gasteiger partial charge is 0.477 e. The van der Waals surface area contributed by atoms with Crippen molar-refractivity contribution in [3.63, 3.8) is 0 Å². The number of thiophene rings is 1. The van der Waals surface area contributed by atoms with Crippen LogP contribution in [0, 0.1) is 0 Å². The summed E-state index contributed by atoms with van der Waals surface area (Å²) < 4.78 is 19.0. The molecule has 0 aliphatic carbocycles. The van der Waals surface area contributed by atoms with Gasteiger partial charge in [0.1, 0.15) is 4.88 Å². The summed E-state index contributed by atoms with van der Waals surface area (Å²) in [5.74, 6) is -1.10. The first-order valence-electron chi connectivity index (χ1n) is 7.84. The predicted molar refractivity (Wildman–Crippen MR) is 109 cm³/mol. The van der Waals surface area contributed by atoms with Gasteiger partial charge in [-0.3, -0.25) is 4.57 Å². The molecule has 26 heavy (non-hydrogen) atoms. The zero-order valence-electron chi connectivity index (χ0n) is 14.8. The Bertz CT molecular complexity index is 876. The van der Waals surface area contributed by atoms with Crippen molar-refractivity contribution in [3.05, 3.63) is 44.1 Å². The standard InChI is InChI=1S/C17H20Cl2NO4PS/c1-5-24-25(23,13-7-6-10(18)8-11(13)19)20-12-9-14(17(2,3)4)26-15(12)16(21)22/h6-9H,5H2,1-4H3,(H,20,23)(H,21,22). The molecular weight excluding hydrogens is 416 g/mol. The van der Waals surface area contributed by atoms with Gasteiger partial charge in [-0.25, -0.2) is 4.79 Å². The first-order chi connectivity index (χ1) is 12.0. The second-order valence-electron chi connectivity index (χ2n) is 6.59. The van der Waals surface area contributed by atoms with Gasteiger partial charge in [-0.15, -0.1) is 11.3 Å². The summed E-state index contributed by atoms with van der Waals surface area (Å²) in [4.78, 5) is 12.6. The Hall–Kier alpha value is -1.04. The van der Waals surface area contributed by atoms with Crippen LogP contribution in [0.1, 0.15) is 42.2 Å². The Morgan fingerprint density at radius 1 is 1.31 bits per heavy atom. The molecule has 1 aromatic carbocycles. The van der Waals surface area contributed by atoms with Gasteiger partial charge in [-0.1, -0.05) is 44.0 Å². The van der Waals surface area contributed by atoms with Crippen LogP contribution in [0.2, 0.25) is 10.0 Å². The lowest BCUT2D eigenvalue weighted by molar-refractivity contribution is 0.0703. The number of nitrogens with one attached hydrogen (secondary N) is 1. The molecule has 0 fully saturated rings. The molecular formula is C17H20Cl2NO4PS. The Morgan fingerprint density at radius 3 is 2.46 bits per heavy atom. The van der Waals surface area contributed by atoms with Crippen LogP contribution in [0.25, 0.3) is 0 Å². The molecule has 0 bridgehead atoms. The van der Waals surface area contributed by atoms with Crippen molar-refractivity contribution in [1.82, 2.24) is 0 Å². The third kappa shape index (κ3) is 4.62. The maximum absolute atomic E-state index is 13.5. The number of halogens is 2. The lowest BCUT2D eigenvalue weighted by Crippen LogP contribution is -2.16. The molecule has 1 unspecified atom stereocenters. The lowest BCUT2D eigenvalue weighted by Gasteiger charge is -2.21. The molecule has 5 nitrogen and oxygen atoms in total. The number of hydrogen-bond acceptors (Lipinski definition) is 4. The lowest BCUT2D eigenvalue weighted by atomic mass is 9.95. The summed E-state index contributed by atoms with van der Waals surface area (Å²) in [5, 5.41) is 13.2. The number of carboxylic acids is 1. The monoisotopic (exact) mass is 435 g/mol. The van der Waals surface area contributed by atoms with Crippen LogP contribution >= 0.6 is 42.1 Å². The first kappa shape index (κ1) is 21.3. The fraction of sp³-hybridized carbons (Fsp3) is 0.353. The molecule has 2 rings (SSSR count). The molecule has 1 atom stereocenters. The summed E-state index contributed by atoms with van der Waals surface area (Å²) in [7, 11) is -3.65. The number of carbonyl (C=O) groups is 1. The minimum atomic E-state index is -3.65. The van der Waals surface area contributed by atoms with E-state index in [9.17, 15) is 14.5 Å². The van der Waals surface area contributed by atoms with E-state index in [1.54, 1.807) is 19.1 Å². The van der Waals surface area contributed by atoms with Crippen LogP contribution in [0.15, 0.2) is 24.3 Å². The molecule has 1 aromatic heterocycles. The fourth-order valence-electron chi connectivity index (χ4n) is 2.22. The van der Waals surface area contributed by atoms with Crippen molar-refractivity contribution in [3.8, 4) is 0 Å². The van der Waals surface area contributed by atoms with Crippen LogP contribution in [-0.4, -0.2) is 17.7 Å². The van der Waals surface area contributed by atoms with E-state index in [0.717, 1.165) is 16.2 Å². The van der Waals surface area contributed by atoms with E-state index in [2.05, 4.69) is 5.09 Å². The molecule has 2 aromatic rings. The highest BCUT2D eigenvalue weighted by molar-refractivity contribution is 7.68. The number of aromatic carboxylic acids is 1. The van der Waals surface area contributed by atoms with Gasteiger partial charge in [0.2, 0.25) is 0 Å². The van der Waals surface area contributed by atoms with Crippen molar-refractivity contribution in [2.75, 3.05) is 11.7 Å². The maximum Gasteiger partial charge on any atom is 0.348 e. The molecule has 0 amide bonds. The van der Waals surface area contributed by atoms with Gasteiger partial charge in [-0.05, 0) is 36.6 Å². The van der Waals surface area contributed by atoms with Crippen molar-refractivity contribution in [1.29, 1.82) is 0 Å². The quantitative estimate of drug-likeness (QED) is 0.542. The molecule has 2 N–H and O–H groups in total. The normalized spacial score (nSPS) is 14.1. The van der Waals surface area contributed by atoms with Crippen LogP contribution < -0.4 is 10.4 Å². The molecule has 0 radical (unpaired) electrons. The van der Waals surface area contributed by atoms with E-state index >= 15 is 0 Å². The van der Waals surface area contributed by atoms with Gasteiger partial charge < -0.3 is 14.7 Å². The zero-order valence-corrected chi connectivity index (χ0v) is 18.0. The van der Waals surface area contributed by atoms with Gasteiger partial charge in [0.15, 0.2) is 0 Å². The average molecular weight is 436 g/mol. The predicted octanol–water partition coefficient (Wildman–Crippen LogP) is 6.02. The van der Waals surface area contributed by atoms with Crippen molar-refractivity contribution in [2.24, 2.45) is 0 Å². The Morgan fingerprint density at radius 2 is 1.96 bits per heavy atom. The van der Waals surface area contributed by atoms with E-state index in [4.69, 9.17) is 27.7 Å². The van der Waals surface area contributed by atoms with Crippen molar-refractivity contribution >= 4 is 59.0 Å². The molecule has 1 heterocycles. The van der Waals surface area contributed by atoms with Crippen LogP contribution in [0.3, 0.4) is 0 Å². The van der Waals surface area contributed by atoms with Gasteiger partial charge in [0.25, 0.3) is 0 Å². The molecule has 0 saturated heterocycles. The average Bonchev–Trinajstić information content (AvgIpc) is 2.91. The number of rotatable bonds is 6. The van der Waals surface area contributed by atoms with Gasteiger partial charge >= 0.3 is 13.5 Å². The minimum Gasteiger partial charge on any atom is -0.477 e. The van der Waals surface area contributed by atoms with Gasteiger partial charge in [0, 0.05) is 9.90 Å². The Balaban J connectivity index is 2.55. The summed E-state index contributed by atoms with van der Waals surface area (Å²) in [6, 6.07) is 6.25. The van der Waals surface area contributed by atoms with E-state index in [-0.39, 0.29) is 32.9 Å². The highest BCUT2D eigenvalue weighted by atomic mass is 35.5. The SMILES string of the molecule is CCOP(=O)(Nc1cc(C(C)(C)C)sc1C(=O)O)c1ccc(Cl)cc1Cl. The topological polar surface area (TPSA) is 75.6 Å². The van der Waals surface area contributed by atoms with Crippen LogP contribution in [0.5, 0.6) is 0 Å². The van der Waals surface area contributed by atoms with Gasteiger partial charge in [-0.2, -0.15) is 0 Å². The summed E-state index contributed by atoms with van der Waals surface area (Å²) in [5.41, 5.74) is -0.00212. The third-order valence-electron chi connectivity index (χ3n) is 3.47. The fourth-order valence-corrected chi connectivity index (χ4v) is 5.85. The Labute approximate surface area is 166 Å². The van der Waals surface area contributed by atoms with Crippen molar-refractivity contribution < 1.29 is 19.0 Å². The molecule has 0 saturated carbocycles. The molecule has 142 valence electrons. The molecule has 0 aliphatic rings. The summed E-state index contributed by atoms with van der Waals surface area (Å²) in [6.07, 6.45) is 0. The van der Waals surface area contributed by atoms with Crippen molar-refractivity contribution in [2.45, 2.75) is 33.1 Å². The minimum absolute atomic E-state index is 0.0694. The summed E-state index contributed by atoms with van der Waals surface area (Å²) >= 11 is 13.3. The van der Waals surface area contributed by atoms with Gasteiger partial charge in [0.05, 0.1) is 22.6 Å². The molecule has 0 spiro atoms. The highest BCUT2D eigenvalue weighted by Crippen LogP contribution is 2.50. The van der Waals surface area contributed by atoms with Crippen LogP contribution in [-0.2, 0) is 14.5 Å². The maximum atomic E-state index is 13.5. The van der Waals surface area contributed by atoms with E-state index in [0.29, 0.717) is 5.02 Å². The number of carboxylic acid groups (broad SMARTS) is 1.